The van der Waals surface area contributed by atoms with Crippen molar-refractivity contribution < 1.29 is 18.4 Å². The molecule has 0 aromatic heterocycles. The Morgan fingerprint density at radius 2 is 1.78 bits per heavy atom. The molecule has 0 aliphatic heterocycles. The van der Waals surface area contributed by atoms with Crippen molar-refractivity contribution in [1.82, 2.24) is 10.2 Å². The SMILES string of the molecule is CCC(=O)c1ccc(C[C@@H](CNC(=O)C[C@H](c2ccc(Cl)cc2)C2(C(C)(F)F)CC2)N(C)C)c(C)c1. The van der Waals surface area contributed by atoms with E-state index in [0.29, 0.717) is 42.8 Å². The van der Waals surface area contributed by atoms with Crippen LogP contribution in [0, 0.1) is 12.3 Å². The van der Waals surface area contributed by atoms with Gasteiger partial charge in [0.25, 0.3) is 5.92 Å². The molecular formula is C29H37ClF2N2O2. The summed E-state index contributed by atoms with van der Waals surface area (Å²) in [5, 5.41) is 3.53. The van der Waals surface area contributed by atoms with Crippen molar-refractivity contribution in [2.75, 3.05) is 20.6 Å². The number of likely N-dealkylation sites (N-methyl/N-ethyl adjacent to an activating group) is 1. The molecule has 1 aliphatic carbocycles. The van der Waals surface area contributed by atoms with E-state index in [-0.39, 0.29) is 24.2 Å². The van der Waals surface area contributed by atoms with Gasteiger partial charge in [0.15, 0.2) is 5.78 Å². The topological polar surface area (TPSA) is 49.4 Å². The molecule has 1 aliphatic rings. The van der Waals surface area contributed by atoms with E-state index in [1.165, 1.54) is 0 Å². The van der Waals surface area contributed by atoms with Crippen LogP contribution in [0.1, 0.15) is 72.5 Å². The molecule has 0 spiro atoms. The second-order valence-electron chi connectivity index (χ2n) is 10.4. The largest absolute Gasteiger partial charge is 0.355 e. The van der Waals surface area contributed by atoms with E-state index < -0.39 is 17.3 Å². The van der Waals surface area contributed by atoms with Gasteiger partial charge in [0.1, 0.15) is 0 Å². The standard InChI is InChI=1S/C29H37ClF2N2O2/c1-6-26(35)22-8-7-21(19(2)15-22)16-24(34(4)5)18-33-27(36)17-25(20-9-11-23(30)12-10-20)29(13-14-29)28(3,31)32/h7-12,15,24-25H,6,13-14,16-18H2,1-5H3,(H,33,36)/t24-,25+/m0/s1. The molecule has 2 atom stereocenters. The van der Waals surface area contributed by atoms with Crippen LogP contribution in [-0.2, 0) is 11.2 Å². The summed E-state index contributed by atoms with van der Waals surface area (Å²) in [4.78, 5) is 27.1. The molecular weight excluding hydrogens is 482 g/mol. The van der Waals surface area contributed by atoms with Gasteiger partial charge in [-0.15, -0.1) is 0 Å². The smallest absolute Gasteiger partial charge is 0.251 e. The van der Waals surface area contributed by atoms with E-state index in [2.05, 4.69) is 5.32 Å². The molecule has 1 amide bonds. The highest BCUT2D eigenvalue weighted by Gasteiger charge is 2.63. The highest BCUT2D eigenvalue weighted by Crippen LogP contribution is 2.65. The fourth-order valence-corrected chi connectivity index (χ4v) is 5.16. The number of Topliss-reactive ketones (excluding diaryl/α,β-unsaturated/α-hetero) is 1. The Morgan fingerprint density at radius 1 is 1.14 bits per heavy atom. The number of amides is 1. The highest BCUT2D eigenvalue weighted by molar-refractivity contribution is 6.30. The molecule has 0 radical (unpaired) electrons. The second kappa shape index (κ2) is 11.4. The first-order valence-electron chi connectivity index (χ1n) is 12.6. The van der Waals surface area contributed by atoms with E-state index >= 15 is 0 Å². The minimum Gasteiger partial charge on any atom is -0.355 e. The molecule has 36 heavy (non-hydrogen) atoms. The summed E-state index contributed by atoms with van der Waals surface area (Å²) < 4.78 is 29.3. The third-order valence-corrected chi connectivity index (χ3v) is 7.95. The van der Waals surface area contributed by atoms with Crippen LogP contribution in [-0.4, -0.2) is 49.2 Å². The van der Waals surface area contributed by atoms with Gasteiger partial charge < -0.3 is 10.2 Å². The Balaban J connectivity index is 1.70. The molecule has 0 bridgehead atoms. The number of nitrogens with zero attached hydrogens (tertiary/aromatic N) is 1. The van der Waals surface area contributed by atoms with Gasteiger partial charge in [0, 0.05) is 47.3 Å². The lowest BCUT2D eigenvalue weighted by Crippen LogP contribution is -2.43. The number of rotatable bonds is 12. The van der Waals surface area contributed by atoms with Gasteiger partial charge in [-0.3, -0.25) is 9.59 Å². The van der Waals surface area contributed by atoms with Crippen molar-refractivity contribution in [3.63, 3.8) is 0 Å². The third kappa shape index (κ3) is 6.51. The lowest BCUT2D eigenvalue weighted by atomic mass is 9.77. The maximum absolute atomic E-state index is 14.6. The van der Waals surface area contributed by atoms with E-state index in [1.807, 2.05) is 51.0 Å². The molecule has 2 aromatic rings. The zero-order valence-corrected chi connectivity index (χ0v) is 22.6. The van der Waals surface area contributed by atoms with Gasteiger partial charge in [-0.05, 0) is 82.1 Å². The zero-order chi connectivity index (χ0) is 26.7. The summed E-state index contributed by atoms with van der Waals surface area (Å²) in [6.45, 7) is 5.19. The van der Waals surface area contributed by atoms with E-state index in [4.69, 9.17) is 11.6 Å². The van der Waals surface area contributed by atoms with E-state index in [1.54, 1.807) is 24.3 Å². The number of benzene rings is 2. The second-order valence-corrected chi connectivity index (χ2v) is 10.8. The average Bonchev–Trinajstić information content (AvgIpc) is 3.63. The van der Waals surface area contributed by atoms with Gasteiger partial charge >= 0.3 is 0 Å². The van der Waals surface area contributed by atoms with Crippen molar-refractivity contribution >= 4 is 23.3 Å². The van der Waals surface area contributed by atoms with Crippen LogP contribution >= 0.6 is 11.6 Å². The maximum atomic E-state index is 14.6. The van der Waals surface area contributed by atoms with Crippen molar-refractivity contribution in [3.8, 4) is 0 Å². The summed E-state index contributed by atoms with van der Waals surface area (Å²) in [7, 11) is 3.91. The maximum Gasteiger partial charge on any atom is 0.251 e. The number of aryl methyl sites for hydroxylation is 1. The first-order chi connectivity index (χ1) is 16.9. The predicted octanol–water partition coefficient (Wildman–Crippen LogP) is 6.44. The highest BCUT2D eigenvalue weighted by atomic mass is 35.5. The Kier molecular flexibility index (Phi) is 8.94. The molecule has 2 aromatic carbocycles. The zero-order valence-electron chi connectivity index (χ0n) is 21.8. The molecule has 4 nitrogen and oxygen atoms in total. The summed E-state index contributed by atoms with van der Waals surface area (Å²) in [6, 6.07) is 12.7. The van der Waals surface area contributed by atoms with Crippen molar-refractivity contribution in [2.45, 2.75) is 70.8 Å². The lowest BCUT2D eigenvalue weighted by Gasteiger charge is -2.32. The monoisotopic (exact) mass is 518 g/mol. The first kappa shape index (κ1) is 28.3. The average molecular weight is 519 g/mol. The minimum absolute atomic E-state index is 0.00192. The van der Waals surface area contributed by atoms with Crippen LogP contribution in [0.3, 0.4) is 0 Å². The van der Waals surface area contributed by atoms with Crippen LogP contribution in [0.5, 0.6) is 0 Å². The molecule has 1 N–H and O–H groups in total. The normalized spacial score (nSPS) is 16.5. The molecule has 0 unspecified atom stereocenters. The number of hydrogen-bond donors (Lipinski definition) is 1. The number of nitrogens with one attached hydrogen (secondary N) is 1. The first-order valence-corrected chi connectivity index (χ1v) is 12.9. The summed E-state index contributed by atoms with van der Waals surface area (Å²) in [5.74, 6) is -3.59. The third-order valence-electron chi connectivity index (χ3n) is 7.70. The molecule has 7 heteroatoms. The fraction of sp³-hybridized carbons (Fsp3) is 0.517. The van der Waals surface area contributed by atoms with E-state index in [0.717, 1.165) is 23.6 Å². The Labute approximate surface area is 218 Å². The summed E-state index contributed by atoms with van der Waals surface area (Å²) in [6.07, 6.45) is 1.95. The van der Waals surface area contributed by atoms with Crippen LogP contribution in [0.15, 0.2) is 42.5 Å². The van der Waals surface area contributed by atoms with Crippen molar-refractivity contribution in [2.24, 2.45) is 5.41 Å². The van der Waals surface area contributed by atoms with Gasteiger partial charge in [-0.1, -0.05) is 42.8 Å². The van der Waals surface area contributed by atoms with Crippen molar-refractivity contribution in [1.29, 1.82) is 0 Å². The summed E-state index contributed by atoms with van der Waals surface area (Å²) in [5.41, 5.74) is 2.38. The van der Waals surface area contributed by atoms with Crippen molar-refractivity contribution in [3.05, 3.63) is 69.7 Å². The van der Waals surface area contributed by atoms with Crippen LogP contribution in [0.25, 0.3) is 0 Å². The Morgan fingerprint density at radius 3 is 2.28 bits per heavy atom. The molecule has 3 rings (SSSR count). The lowest BCUT2D eigenvalue weighted by molar-refractivity contribution is -0.123. The quantitative estimate of drug-likeness (QED) is 0.329. The number of ketones is 1. The number of halogens is 3. The van der Waals surface area contributed by atoms with Gasteiger partial charge in [-0.2, -0.15) is 0 Å². The molecule has 196 valence electrons. The Hall–Kier alpha value is -2.31. The van der Waals surface area contributed by atoms with E-state index in [9.17, 15) is 18.4 Å². The fourth-order valence-electron chi connectivity index (χ4n) is 5.04. The van der Waals surface area contributed by atoms with Crippen LogP contribution < -0.4 is 5.32 Å². The molecule has 1 fully saturated rings. The molecule has 1 saturated carbocycles. The number of carbonyl (C=O) groups excluding carboxylic acids is 2. The molecule has 0 heterocycles. The van der Waals surface area contributed by atoms with Gasteiger partial charge in [-0.25, -0.2) is 8.78 Å². The minimum atomic E-state index is -2.88. The Bertz CT molecular complexity index is 1080. The van der Waals surface area contributed by atoms with Gasteiger partial charge in [0.2, 0.25) is 5.91 Å². The van der Waals surface area contributed by atoms with Gasteiger partial charge in [0.05, 0.1) is 0 Å². The number of carbonyl (C=O) groups is 2. The van der Waals surface area contributed by atoms with Crippen LogP contribution in [0.4, 0.5) is 8.78 Å². The number of alkyl halides is 2. The predicted molar refractivity (Wildman–Crippen MR) is 141 cm³/mol. The number of hydrogen-bond acceptors (Lipinski definition) is 3. The summed E-state index contributed by atoms with van der Waals surface area (Å²) >= 11 is 6.02. The molecule has 0 saturated heterocycles. The van der Waals surface area contributed by atoms with Crippen LogP contribution in [0.2, 0.25) is 5.02 Å².